The van der Waals surface area contributed by atoms with Gasteiger partial charge < -0.3 is 18.3 Å². The maximum absolute atomic E-state index is 12.8. The Morgan fingerprint density at radius 3 is 1.42 bits per heavy atom. The lowest BCUT2D eigenvalue weighted by molar-refractivity contribution is 0.395. The molecule has 6 nitrogen and oxygen atoms in total. The molecular weight excluding hydrogens is 412 g/mol. The van der Waals surface area contributed by atoms with Gasteiger partial charge in [0.25, 0.3) is 0 Å². The molecule has 152 valence electrons. The summed E-state index contributed by atoms with van der Waals surface area (Å²) in [5, 5.41) is 3.73. The molecule has 2 N–H and O–H groups in total. The van der Waals surface area contributed by atoms with Crippen LogP contribution in [0.1, 0.15) is 0 Å². The molecule has 6 aromatic rings. The van der Waals surface area contributed by atoms with Gasteiger partial charge in [-0.25, -0.2) is 0 Å². The number of para-hydroxylation sites is 4. The quantitative estimate of drug-likeness (QED) is 0.380. The highest BCUT2D eigenvalue weighted by atomic mass is 32.3. The van der Waals surface area contributed by atoms with Crippen molar-refractivity contribution in [1.29, 1.82) is 0 Å². The van der Waals surface area contributed by atoms with Crippen molar-refractivity contribution in [2.75, 3.05) is 0 Å². The van der Waals surface area contributed by atoms with Crippen LogP contribution in [0.4, 0.5) is 0 Å². The van der Waals surface area contributed by atoms with Crippen LogP contribution in [0.15, 0.2) is 84.9 Å². The van der Waals surface area contributed by atoms with E-state index in [1.54, 1.807) is 24.3 Å². The Morgan fingerprint density at radius 2 is 0.935 bits per heavy atom. The molecule has 0 saturated heterocycles. The third-order valence-corrected chi connectivity index (χ3v) is 6.16. The standard InChI is InChI=1S/C24H16N2O4S/c27-31(28,29-21-13-5-9-17-15-7-1-3-11-19(15)25-23(17)21)30-22-14-6-10-18-16-8-2-4-12-20(16)26-24(18)22/h1-14,25-26H. The summed E-state index contributed by atoms with van der Waals surface area (Å²) in [7, 11) is -4.39. The van der Waals surface area contributed by atoms with Crippen LogP contribution in [-0.2, 0) is 10.4 Å². The average Bonchev–Trinajstić information content (AvgIpc) is 3.33. The number of rotatable bonds is 4. The van der Waals surface area contributed by atoms with Gasteiger partial charge in [0.15, 0.2) is 11.5 Å². The van der Waals surface area contributed by atoms with Crippen molar-refractivity contribution in [3.63, 3.8) is 0 Å². The summed E-state index contributed by atoms with van der Waals surface area (Å²) < 4.78 is 36.4. The summed E-state index contributed by atoms with van der Waals surface area (Å²) in [6, 6.07) is 26.0. The number of fused-ring (bicyclic) bond motifs is 6. The Balaban J connectivity index is 1.41. The first-order valence-electron chi connectivity index (χ1n) is 9.72. The molecule has 0 fully saturated rings. The summed E-state index contributed by atoms with van der Waals surface area (Å²) in [6.07, 6.45) is 0. The number of aromatic amines is 2. The molecular formula is C24H16N2O4S. The molecule has 0 saturated carbocycles. The number of nitrogens with one attached hydrogen (secondary N) is 2. The van der Waals surface area contributed by atoms with E-state index in [9.17, 15) is 8.42 Å². The SMILES string of the molecule is O=S(=O)(Oc1cccc2c1[nH]c1ccccc12)Oc1cccc2c1[nH]c1ccccc12. The average molecular weight is 428 g/mol. The molecule has 4 aromatic carbocycles. The molecule has 2 heterocycles. The number of H-pyrrole nitrogens is 2. The van der Waals surface area contributed by atoms with Crippen LogP contribution in [0.25, 0.3) is 43.6 Å². The molecule has 0 radical (unpaired) electrons. The van der Waals surface area contributed by atoms with Crippen LogP contribution in [0.3, 0.4) is 0 Å². The second-order valence-electron chi connectivity index (χ2n) is 7.27. The van der Waals surface area contributed by atoms with E-state index >= 15 is 0 Å². The van der Waals surface area contributed by atoms with E-state index in [0.29, 0.717) is 11.0 Å². The van der Waals surface area contributed by atoms with Crippen molar-refractivity contribution in [3.05, 3.63) is 84.9 Å². The molecule has 7 heteroatoms. The predicted molar refractivity (Wildman–Crippen MR) is 122 cm³/mol. The third kappa shape index (κ3) is 2.90. The van der Waals surface area contributed by atoms with E-state index in [0.717, 1.165) is 32.6 Å². The molecule has 0 bridgehead atoms. The van der Waals surface area contributed by atoms with Crippen LogP contribution >= 0.6 is 0 Å². The molecule has 0 atom stereocenters. The minimum Gasteiger partial charge on any atom is -0.351 e. The summed E-state index contributed by atoms with van der Waals surface area (Å²) in [5.74, 6) is 0.357. The minimum atomic E-state index is -4.39. The highest BCUT2D eigenvalue weighted by Crippen LogP contribution is 2.34. The lowest BCUT2D eigenvalue weighted by atomic mass is 10.1. The summed E-state index contributed by atoms with van der Waals surface area (Å²) in [5.41, 5.74) is 2.99. The summed E-state index contributed by atoms with van der Waals surface area (Å²) in [6.45, 7) is 0. The molecule has 31 heavy (non-hydrogen) atoms. The van der Waals surface area contributed by atoms with Crippen LogP contribution in [0.5, 0.6) is 11.5 Å². The summed E-state index contributed by atoms with van der Waals surface area (Å²) in [4.78, 5) is 6.46. The van der Waals surface area contributed by atoms with E-state index in [1.807, 2.05) is 60.7 Å². The van der Waals surface area contributed by atoms with Crippen LogP contribution < -0.4 is 8.37 Å². The van der Waals surface area contributed by atoms with Crippen molar-refractivity contribution in [1.82, 2.24) is 9.97 Å². The van der Waals surface area contributed by atoms with Gasteiger partial charge >= 0.3 is 10.4 Å². The fourth-order valence-electron chi connectivity index (χ4n) is 4.07. The van der Waals surface area contributed by atoms with Crippen molar-refractivity contribution >= 4 is 54.0 Å². The highest BCUT2D eigenvalue weighted by Gasteiger charge is 2.21. The number of hydrogen-bond donors (Lipinski definition) is 2. The Hall–Kier alpha value is -3.97. The van der Waals surface area contributed by atoms with Crippen molar-refractivity contribution in [2.24, 2.45) is 0 Å². The molecule has 0 unspecified atom stereocenters. The normalized spacial score (nSPS) is 12.1. The summed E-state index contributed by atoms with van der Waals surface area (Å²) >= 11 is 0. The first-order chi connectivity index (χ1) is 15.1. The van der Waals surface area contributed by atoms with Gasteiger partial charge in [0.1, 0.15) is 0 Å². The Morgan fingerprint density at radius 1 is 0.516 bits per heavy atom. The zero-order chi connectivity index (χ0) is 21.0. The minimum absolute atomic E-state index is 0.178. The van der Waals surface area contributed by atoms with Crippen LogP contribution in [0.2, 0.25) is 0 Å². The highest BCUT2D eigenvalue weighted by molar-refractivity contribution is 7.82. The van der Waals surface area contributed by atoms with Crippen LogP contribution in [0, 0.1) is 0 Å². The first kappa shape index (κ1) is 17.9. The number of aromatic nitrogens is 2. The van der Waals surface area contributed by atoms with E-state index in [4.69, 9.17) is 8.37 Å². The van der Waals surface area contributed by atoms with E-state index < -0.39 is 10.4 Å². The van der Waals surface area contributed by atoms with Crippen molar-refractivity contribution < 1.29 is 16.8 Å². The van der Waals surface area contributed by atoms with E-state index in [1.165, 1.54) is 0 Å². The monoisotopic (exact) mass is 428 g/mol. The molecule has 0 spiro atoms. The zero-order valence-corrected chi connectivity index (χ0v) is 16.9. The van der Waals surface area contributed by atoms with Gasteiger partial charge in [0, 0.05) is 32.6 Å². The molecule has 0 amide bonds. The number of benzene rings is 4. The van der Waals surface area contributed by atoms with Gasteiger partial charge in [-0.05, 0) is 24.3 Å². The fourth-order valence-corrected chi connectivity index (χ4v) is 4.82. The van der Waals surface area contributed by atoms with Crippen molar-refractivity contribution in [2.45, 2.75) is 0 Å². The second kappa shape index (κ2) is 6.52. The lowest BCUT2D eigenvalue weighted by Crippen LogP contribution is -2.16. The number of hydrogen-bond acceptors (Lipinski definition) is 4. The van der Waals surface area contributed by atoms with Gasteiger partial charge in [-0.15, -0.1) is 8.42 Å². The molecule has 2 aromatic heterocycles. The Bertz CT molecular complexity index is 1590. The second-order valence-corrected chi connectivity index (χ2v) is 8.42. The molecule has 0 aliphatic heterocycles. The fraction of sp³-hybridized carbons (Fsp3) is 0. The van der Waals surface area contributed by atoms with Gasteiger partial charge in [0.05, 0.1) is 11.0 Å². The maximum Gasteiger partial charge on any atom is 0.501 e. The first-order valence-corrected chi connectivity index (χ1v) is 11.1. The van der Waals surface area contributed by atoms with Crippen LogP contribution in [-0.4, -0.2) is 18.4 Å². The maximum atomic E-state index is 12.8. The Kier molecular flexibility index (Phi) is 3.75. The topological polar surface area (TPSA) is 84.2 Å². The zero-order valence-electron chi connectivity index (χ0n) is 16.1. The molecule has 0 aliphatic carbocycles. The van der Waals surface area contributed by atoms with Crippen molar-refractivity contribution in [3.8, 4) is 11.5 Å². The van der Waals surface area contributed by atoms with E-state index in [2.05, 4.69) is 9.97 Å². The van der Waals surface area contributed by atoms with Gasteiger partial charge in [-0.2, -0.15) is 0 Å². The largest absolute Gasteiger partial charge is 0.501 e. The Labute approximate surface area is 177 Å². The smallest absolute Gasteiger partial charge is 0.351 e. The van der Waals surface area contributed by atoms with E-state index in [-0.39, 0.29) is 11.5 Å². The molecule has 0 aliphatic rings. The predicted octanol–water partition coefficient (Wildman–Crippen LogP) is 5.66. The lowest BCUT2D eigenvalue weighted by Gasteiger charge is -2.09. The van der Waals surface area contributed by atoms with Gasteiger partial charge in [-0.3, -0.25) is 0 Å². The van der Waals surface area contributed by atoms with Gasteiger partial charge in [0.2, 0.25) is 0 Å². The van der Waals surface area contributed by atoms with Gasteiger partial charge in [-0.1, -0.05) is 60.7 Å². The third-order valence-electron chi connectivity index (χ3n) is 5.39. The molecule has 6 rings (SSSR count).